The van der Waals surface area contributed by atoms with Gasteiger partial charge in [0, 0.05) is 13.0 Å². The zero-order valence-corrected chi connectivity index (χ0v) is 7.71. The van der Waals surface area contributed by atoms with Crippen LogP contribution in [0, 0.1) is 11.8 Å². The third-order valence-corrected chi connectivity index (χ3v) is 1.56. The van der Waals surface area contributed by atoms with Crippen LogP contribution in [0.15, 0.2) is 0 Å². The minimum absolute atomic E-state index is 0.133. The summed E-state index contributed by atoms with van der Waals surface area (Å²) in [5.74, 6) is 5.66. The average Bonchev–Trinajstić information content (AvgIpc) is 2.09. The lowest BCUT2D eigenvalue weighted by Crippen LogP contribution is -2.03. The van der Waals surface area contributed by atoms with Gasteiger partial charge in [0.25, 0.3) is 0 Å². The van der Waals surface area contributed by atoms with E-state index in [0.717, 1.165) is 19.3 Å². The van der Waals surface area contributed by atoms with E-state index in [1.807, 2.05) is 0 Å². The molecule has 0 rings (SSSR count). The van der Waals surface area contributed by atoms with Crippen LogP contribution < -0.4 is 0 Å². The van der Waals surface area contributed by atoms with Crippen molar-refractivity contribution in [3.8, 4) is 11.8 Å². The normalized spacial score (nSPS) is 11.9. The number of hydrogen-bond acceptors (Lipinski definition) is 2. The van der Waals surface area contributed by atoms with Crippen LogP contribution >= 0.6 is 0 Å². The molecule has 0 saturated carbocycles. The van der Waals surface area contributed by atoms with Gasteiger partial charge in [-0.15, -0.1) is 5.92 Å². The molecule has 0 spiro atoms. The lowest BCUT2D eigenvalue weighted by Gasteiger charge is -1.99. The van der Waals surface area contributed by atoms with E-state index in [4.69, 9.17) is 5.11 Å². The molecule has 0 bridgehead atoms. The number of aliphatic hydroxyl groups is 2. The summed E-state index contributed by atoms with van der Waals surface area (Å²) in [7, 11) is 0. The molecule has 0 aromatic carbocycles. The minimum Gasteiger partial charge on any atom is -0.396 e. The van der Waals surface area contributed by atoms with Crippen LogP contribution in [0.5, 0.6) is 0 Å². The molecule has 1 atom stereocenters. The van der Waals surface area contributed by atoms with Gasteiger partial charge in [-0.1, -0.05) is 19.3 Å². The van der Waals surface area contributed by atoms with Crippen LogP contribution in [0.2, 0.25) is 0 Å². The summed E-state index contributed by atoms with van der Waals surface area (Å²) in [6.07, 6.45) is 3.77. The number of hydrogen-bond donors (Lipinski definition) is 2. The second-order valence-electron chi connectivity index (χ2n) is 2.81. The van der Waals surface area contributed by atoms with Gasteiger partial charge in [-0.05, 0) is 19.3 Å². The first-order valence-corrected chi connectivity index (χ1v) is 4.58. The van der Waals surface area contributed by atoms with E-state index in [1.165, 1.54) is 0 Å². The maximum Gasteiger partial charge on any atom is 0.114 e. The highest BCUT2D eigenvalue weighted by Gasteiger charge is 1.96. The maximum absolute atomic E-state index is 9.19. The number of unbranched alkanes of at least 4 members (excludes halogenated alkanes) is 2. The highest BCUT2D eigenvalue weighted by Crippen LogP contribution is 1.95. The van der Waals surface area contributed by atoms with Gasteiger partial charge in [0.2, 0.25) is 0 Å². The molecule has 0 aliphatic heterocycles. The molecule has 0 radical (unpaired) electrons. The first-order valence-electron chi connectivity index (χ1n) is 4.58. The third kappa shape index (κ3) is 7.59. The quantitative estimate of drug-likeness (QED) is 0.482. The van der Waals surface area contributed by atoms with E-state index in [9.17, 15) is 5.11 Å². The summed E-state index contributed by atoms with van der Waals surface area (Å²) >= 11 is 0. The van der Waals surface area contributed by atoms with Gasteiger partial charge >= 0.3 is 0 Å². The molecule has 0 aromatic rings. The SMILES string of the molecule is CCCCC#CC(O)CCCO. The molecule has 0 saturated heterocycles. The number of rotatable bonds is 5. The highest BCUT2D eigenvalue weighted by atomic mass is 16.3. The van der Waals surface area contributed by atoms with Crippen LogP contribution in [0.3, 0.4) is 0 Å². The van der Waals surface area contributed by atoms with Crippen molar-refractivity contribution in [3.05, 3.63) is 0 Å². The fraction of sp³-hybridized carbons (Fsp3) is 0.800. The Bertz CT molecular complexity index is 144. The first-order chi connectivity index (χ1) is 5.81. The second-order valence-corrected chi connectivity index (χ2v) is 2.81. The van der Waals surface area contributed by atoms with Gasteiger partial charge in [-0.2, -0.15) is 0 Å². The van der Waals surface area contributed by atoms with Gasteiger partial charge in [0.15, 0.2) is 0 Å². The second kappa shape index (κ2) is 8.58. The molecule has 0 heterocycles. The molecule has 2 N–H and O–H groups in total. The predicted molar refractivity (Wildman–Crippen MR) is 49.6 cm³/mol. The zero-order valence-electron chi connectivity index (χ0n) is 7.71. The van der Waals surface area contributed by atoms with Crippen LogP contribution in [0.4, 0.5) is 0 Å². The standard InChI is InChI=1S/C10H18O2/c1-2-3-4-5-7-10(12)8-6-9-11/h10-12H,2-4,6,8-9H2,1H3. The Morgan fingerprint density at radius 1 is 1.33 bits per heavy atom. The Labute approximate surface area is 74.6 Å². The van der Waals surface area contributed by atoms with Crippen molar-refractivity contribution in [3.63, 3.8) is 0 Å². The Morgan fingerprint density at radius 3 is 2.67 bits per heavy atom. The van der Waals surface area contributed by atoms with Crippen molar-refractivity contribution in [2.24, 2.45) is 0 Å². The summed E-state index contributed by atoms with van der Waals surface area (Å²) in [5.41, 5.74) is 0. The first kappa shape index (κ1) is 11.5. The van der Waals surface area contributed by atoms with Crippen molar-refractivity contribution in [1.82, 2.24) is 0 Å². The van der Waals surface area contributed by atoms with Crippen molar-refractivity contribution in [2.45, 2.75) is 45.1 Å². The Morgan fingerprint density at radius 2 is 2.08 bits per heavy atom. The summed E-state index contributed by atoms with van der Waals surface area (Å²) in [6, 6.07) is 0. The predicted octanol–water partition coefficient (Wildman–Crippen LogP) is 1.31. The van der Waals surface area contributed by atoms with Crippen molar-refractivity contribution < 1.29 is 10.2 Å². The monoisotopic (exact) mass is 170 g/mol. The van der Waals surface area contributed by atoms with Gasteiger partial charge in [-0.25, -0.2) is 0 Å². The van der Waals surface area contributed by atoms with Gasteiger partial charge in [0.05, 0.1) is 0 Å². The highest BCUT2D eigenvalue weighted by molar-refractivity contribution is 5.04. The summed E-state index contributed by atoms with van der Waals surface area (Å²) < 4.78 is 0. The number of aliphatic hydroxyl groups excluding tert-OH is 2. The minimum atomic E-state index is -0.547. The van der Waals surface area contributed by atoms with E-state index >= 15 is 0 Å². The Balaban J connectivity index is 3.36. The fourth-order valence-corrected chi connectivity index (χ4v) is 0.812. The van der Waals surface area contributed by atoms with E-state index < -0.39 is 6.10 Å². The average molecular weight is 170 g/mol. The van der Waals surface area contributed by atoms with Crippen LogP contribution in [0.25, 0.3) is 0 Å². The van der Waals surface area contributed by atoms with Gasteiger partial charge in [-0.3, -0.25) is 0 Å². The van der Waals surface area contributed by atoms with Gasteiger partial charge in [0.1, 0.15) is 6.10 Å². The molecular formula is C10H18O2. The van der Waals surface area contributed by atoms with Gasteiger partial charge < -0.3 is 10.2 Å². The molecule has 0 aliphatic carbocycles. The molecule has 2 nitrogen and oxygen atoms in total. The van der Waals surface area contributed by atoms with Crippen LogP contribution in [-0.2, 0) is 0 Å². The molecular weight excluding hydrogens is 152 g/mol. The molecule has 0 amide bonds. The molecule has 0 fully saturated rings. The third-order valence-electron chi connectivity index (χ3n) is 1.56. The molecule has 70 valence electrons. The Kier molecular flexibility index (Phi) is 8.20. The van der Waals surface area contributed by atoms with E-state index in [-0.39, 0.29) is 6.61 Å². The molecule has 12 heavy (non-hydrogen) atoms. The lowest BCUT2D eigenvalue weighted by molar-refractivity contribution is 0.197. The maximum atomic E-state index is 9.19. The lowest BCUT2D eigenvalue weighted by atomic mass is 10.2. The summed E-state index contributed by atoms with van der Waals surface area (Å²) in [4.78, 5) is 0. The van der Waals surface area contributed by atoms with Crippen molar-refractivity contribution in [1.29, 1.82) is 0 Å². The van der Waals surface area contributed by atoms with Crippen LogP contribution in [-0.4, -0.2) is 22.9 Å². The molecule has 1 unspecified atom stereocenters. The van der Waals surface area contributed by atoms with E-state index in [1.54, 1.807) is 0 Å². The summed E-state index contributed by atoms with van der Waals surface area (Å²) in [5, 5.41) is 17.7. The van der Waals surface area contributed by atoms with Crippen LogP contribution in [0.1, 0.15) is 39.0 Å². The Hall–Kier alpha value is -0.520. The van der Waals surface area contributed by atoms with Crippen molar-refractivity contribution >= 4 is 0 Å². The zero-order chi connectivity index (χ0) is 9.23. The van der Waals surface area contributed by atoms with Crippen molar-refractivity contribution in [2.75, 3.05) is 6.61 Å². The smallest absolute Gasteiger partial charge is 0.114 e. The molecule has 0 aromatic heterocycles. The topological polar surface area (TPSA) is 40.5 Å². The van der Waals surface area contributed by atoms with E-state index in [0.29, 0.717) is 12.8 Å². The van der Waals surface area contributed by atoms with E-state index in [2.05, 4.69) is 18.8 Å². The largest absolute Gasteiger partial charge is 0.396 e. The molecule has 0 aliphatic rings. The fourth-order valence-electron chi connectivity index (χ4n) is 0.812. The summed E-state index contributed by atoms with van der Waals surface area (Å²) in [6.45, 7) is 2.25. The molecule has 2 heteroatoms.